The number of ether oxygens (including phenoxy) is 1. The van der Waals surface area contributed by atoms with Gasteiger partial charge in [-0.2, -0.15) is 11.8 Å². The van der Waals surface area contributed by atoms with E-state index in [9.17, 15) is 4.79 Å². The van der Waals surface area contributed by atoms with E-state index >= 15 is 0 Å². The molecule has 0 saturated heterocycles. The highest BCUT2D eigenvalue weighted by molar-refractivity contribution is 7.98. The molecule has 1 heterocycles. The summed E-state index contributed by atoms with van der Waals surface area (Å²) in [7, 11) is 0. The van der Waals surface area contributed by atoms with Crippen molar-refractivity contribution < 1.29 is 9.53 Å². The lowest BCUT2D eigenvalue weighted by molar-refractivity contribution is -0.127. The van der Waals surface area contributed by atoms with Crippen LogP contribution in [0, 0.1) is 0 Å². The number of unbranched alkanes of at least 4 members (excludes halogenated alkanes) is 2. The zero-order valence-corrected chi connectivity index (χ0v) is 12.7. The molecule has 1 amide bonds. The maximum atomic E-state index is 12.0. The first-order chi connectivity index (χ1) is 9.81. The van der Waals surface area contributed by atoms with Crippen molar-refractivity contribution in [3.63, 3.8) is 0 Å². The van der Waals surface area contributed by atoms with Crippen LogP contribution >= 0.6 is 11.8 Å². The van der Waals surface area contributed by atoms with Gasteiger partial charge in [0, 0.05) is 6.54 Å². The molecule has 1 unspecified atom stereocenters. The second kappa shape index (κ2) is 8.04. The molecule has 1 atom stereocenters. The molecule has 1 aromatic carbocycles. The van der Waals surface area contributed by atoms with Gasteiger partial charge in [0.05, 0.1) is 12.2 Å². The Bertz CT molecular complexity index is 440. The number of anilines is 1. The quantitative estimate of drug-likeness (QED) is 0.759. The van der Waals surface area contributed by atoms with Gasteiger partial charge < -0.3 is 15.4 Å². The van der Waals surface area contributed by atoms with Gasteiger partial charge in [0.15, 0.2) is 6.10 Å². The fourth-order valence-corrected chi connectivity index (χ4v) is 2.63. The number of hydrogen-bond acceptors (Lipinski definition) is 4. The molecular formula is C15H22N2O2S. The lowest BCUT2D eigenvalue weighted by Crippen LogP contribution is -2.44. The predicted octanol–water partition coefficient (Wildman–Crippen LogP) is 2.51. The minimum absolute atomic E-state index is 0.0307. The molecule has 0 radical (unpaired) electrons. The highest BCUT2D eigenvalue weighted by atomic mass is 32.2. The van der Waals surface area contributed by atoms with E-state index in [0.29, 0.717) is 6.54 Å². The SMILES string of the molecule is CSCCCCCNC(=O)C1CNc2ccccc2O1. The fraction of sp³-hybridized carbons (Fsp3) is 0.533. The molecule has 2 N–H and O–H groups in total. The monoisotopic (exact) mass is 294 g/mol. The minimum Gasteiger partial charge on any atom is -0.477 e. The molecule has 1 aliphatic rings. The molecule has 0 aromatic heterocycles. The fourth-order valence-electron chi connectivity index (χ4n) is 2.13. The average Bonchev–Trinajstić information content (AvgIpc) is 2.50. The molecule has 1 aliphatic heterocycles. The van der Waals surface area contributed by atoms with E-state index in [-0.39, 0.29) is 5.91 Å². The zero-order chi connectivity index (χ0) is 14.2. The molecule has 0 spiro atoms. The largest absolute Gasteiger partial charge is 0.477 e. The van der Waals surface area contributed by atoms with Crippen LogP contribution in [0.15, 0.2) is 24.3 Å². The first-order valence-electron chi connectivity index (χ1n) is 7.07. The van der Waals surface area contributed by atoms with Crippen LogP contribution in [0.3, 0.4) is 0 Å². The van der Waals surface area contributed by atoms with E-state index in [0.717, 1.165) is 30.8 Å². The predicted molar refractivity (Wildman–Crippen MR) is 84.6 cm³/mol. The van der Waals surface area contributed by atoms with Crippen molar-refractivity contribution in [2.24, 2.45) is 0 Å². The highest BCUT2D eigenvalue weighted by Crippen LogP contribution is 2.28. The number of carbonyl (C=O) groups is 1. The summed E-state index contributed by atoms with van der Waals surface area (Å²) in [6, 6.07) is 7.69. The van der Waals surface area contributed by atoms with Crippen molar-refractivity contribution in [1.82, 2.24) is 5.32 Å². The molecular weight excluding hydrogens is 272 g/mol. The van der Waals surface area contributed by atoms with Crippen LogP contribution < -0.4 is 15.4 Å². The van der Waals surface area contributed by atoms with Gasteiger partial charge >= 0.3 is 0 Å². The number of benzene rings is 1. The van der Waals surface area contributed by atoms with Gasteiger partial charge in [0.25, 0.3) is 5.91 Å². The molecule has 4 nitrogen and oxygen atoms in total. The Kier molecular flexibility index (Phi) is 6.05. The van der Waals surface area contributed by atoms with E-state index in [2.05, 4.69) is 16.9 Å². The lowest BCUT2D eigenvalue weighted by atomic mass is 10.2. The molecule has 2 rings (SSSR count). The van der Waals surface area contributed by atoms with Crippen LogP contribution in [0.25, 0.3) is 0 Å². The van der Waals surface area contributed by atoms with Gasteiger partial charge in [0.2, 0.25) is 0 Å². The Balaban J connectivity index is 1.69. The summed E-state index contributed by atoms with van der Waals surface area (Å²) in [4.78, 5) is 12.0. The van der Waals surface area contributed by atoms with E-state index in [4.69, 9.17) is 4.74 Å². The molecule has 20 heavy (non-hydrogen) atoms. The van der Waals surface area contributed by atoms with Crippen LogP contribution in [-0.2, 0) is 4.79 Å². The molecule has 0 fully saturated rings. The average molecular weight is 294 g/mol. The Morgan fingerprint density at radius 1 is 1.40 bits per heavy atom. The molecule has 1 aromatic rings. The summed E-state index contributed by atoms with van der Waals surface area (Å²) in [6.45, 7) is 1.25. The van der Waals surface area contributed by atoms with Crippen molar-refractivity contribution in [1.29, 1.82) is 0 Å². The van der Waals surface area contributed by atoms with Gasteiger partial charge in [-0.3, -0.25) is 4.79 Å². The number of rotatable bonds is 7. The number of thioether (sulfide) groups is 1. The third-order valence-corrected chi connectivity index (χ3v) is 3.95. The van der Waals surface area contributed by atoms with E-state index in [1.54, 1.807) is 0 Å². The van der Waals surface area contributed by atoms with Gasteiger partial charge in [-0.05, 0) is 37.0 Å². The second-order valence-electron chi connectivity index (χ2n) is 4.83. The number of para-hydroxylation sites is 2. The van der Waals surface area contributed by atoms with Crippen LogP contribution in [0.5, 0.6) is 5.75 Å². The Morgan fingerprint density at radius 2 is 2.25 bits per heavy atom. The van der Waals surface area contributed by atoms with E-state index in [1.165, 1.54) is 12.2 Å². The summed E-state index contributed by atoms with van der Waals surface area (Å²) >= 11 is 1.87. The Hall–Kier alpha value is -1.36. The number of fused-ring (bicyclic) bond motifs is 1. The first kappa shape index (κ1) is 15.0. The maximum absolute atomic E-state index is 12.0. The number of hydrogen-bond donors (Lipinski definition) is 2. The third-order valence-electron chi connectivity index (χ3n) is 3.25. The smallest absolute Gasteiger partial charge is 0.262 e. The second-order valence-corrected chi connectivity index (χ2v) is 5.81. The first-order valence-corrected chi connectivity index (χ1v) is 8.47. The van der Waals surface area contributed by atoms with E-state index in [1.807, 2.05) is 36.0 Å². The molecule has 0 saturated carbocycles. The van der Waals surface area contributed by atoms with Crippen LogP contribution in [0.1, 0.15) is 19.3 Å². The number of nitrogens with one attached hydrogen (secondary N) is 2. The van der Waals surface area contributed by atoms with Gasteiger partial charge in [-0.25, -0.2) is 0 Å². The van der Waals surface area contributed by atoms with Gasteiger partial charge in [0.1, 0.15) is 5.75 Å². The molecule has 5 heteroatoms. The number of amides is 1. The molecule has 0 bridgehead atoms. The third kappa shape index (κ3) is 4.34. The minimum atomic E-state index is -0.434. The van der Waals surface area contributed by atoms with Crippen molar-refractivity contribution in [2.75, 3.05) is 30.4 Å². The maximum Gasteiger partial charge on any atom is 0.262 e. The summed E-state index contributed by atoms with van der Waals surface area (Å²) in [5.74, 6) is 1.91. The van der Waals surface area contributed by atoms with Crippen molar-refractivity contribution in [3.05, 3.63) is 24.3 Å². The van der Waals surface area contributed by atoms with Crippen molar-refractivity contribution >= 4 is 23.4 Å². The van der Waals surface area contributed by atoms with Crippen LogP contribution in [0.4, 0.5) is 5.69 Å². The molecule has 0 aliphatic carbocycles. The van der Waals surface area contributed by atoms with Gasteiger partial charge in [-0.15, -0.1) is 0 Å². The Morgan fingerprint density at radius 3 is 3.10 bits per heavy atom. The highest BCUT2D eigenvalue weighted by Gasteiger charge is 2.24. The number of carbonyl (C=O) groups excluding carboxylic acids is 1. The van der Waals surface area contributed by atoms with Gasteiger partial charge in [-0.1, -0.05) is 18.6 Å². The summed E-state index contributed by atoms with van der Waals surface area (Å²) in [5, 5.41) is 6.17. The Labute approximate surface area is 124 Å². The summed E-state index contributed by atoms with van der Waals surface area (Å²) in [5.41, 5.74) is 0.952. The standard InChI is InChI=1S/C15H22N2O2S/c1-20-10-6-2-5-9-16-15(18)14-11-17-12-7-3-4-8-13(12)19-14/h3-4,7-8,14,17H,2,5-6,9-11H2,1H3,(H,16,18). The lowest BCUT2D eigenvalue weighted by Gasteiger charge is -2.26. The topological polar surface area (TPSA) is 50.4 Å². The summed E-state index contributed by atoms with van der Waals surface area (Å²) < 4.78 is 5.71. The van der Waals surface area contributed by atoms with Crippen molar-refractivity contribution in [2.45, 2.75) is 25.4 Å². The zero-order valence-electron chi connectivity index (χ0n) is 11.9. The van der Waals surface area contributed by atoms with E-state index < -0.39 is 6.10 Å². The van der Waals surface area contributed by atoms with Crippen LogP contribution in [-0.4, -0.2) is 37.1 Å². The normalized spacial score (nSPS) is 16.8. The van der Waals surface area contributed by atoms with Crippen molar-refractivity contribution in [3.8, 4) is 5.75 Å². The van der Waals surface area contributed by atoms with Crippen LogP contribution in [0.2, 0.25) is 0 Å². The molecule has 110 valence electrons. The summed E-state index contributed by atoms with van der Waals surface area (Å²) in [6.07, 6.45) is 5.09.